The van der Waals surface area contributed by atoms with E-state index in [4.69, 9.17) is 0 Å². The molecule has 2 aromatic rings. The highest BCUT2D eigenvalue weighted by Crippen LogP contribution is 2.28. The number of aryl methyl sites for hydroxylation is 1. The van der Waals surface area contributed by atoms with E-state index in [0.717, 1.165) is 36.3 Å². The Labute approximate surface area is 165 Å². The molecule has 3 rings (SSSR count). The molecule has 0 radical (unpaired) electrons. The van der Waals surface area contributed by atoms with Gasteiger partial charge in [0.15, 0.2) is 5.16 Å². The first-order valence-corrected chi connectivity index (χ1v) is 10.8. The maximum atomic E-state index is 12.2. The minimum Gasteiger partial charge on any atom is -0.353 e. The van der Waals surface area contributed by atoms with Crippen molar-refractivity contribution in [1.29, 1.82) is 0 Å². The molecule has 2 heterocycles. The van der Waals surface area contributed by atoms with Crippen LogP contribution in [0.1, 0.15) is 45.1 Å². The molecule has 1 aliphatic rings. The van der Waals surface area contributed by atoms with Gasteiger partial charge >= 0.3 is 0 Å². The third kappa shape index (κ3) is 5.03. The maximum Gasteiger partial charge on any atom is 0.232 e. The molecule has 1 fully saturated rings. The molecule has 1 aromatic heterocycles. The Hall–Kier alpha value is -2.02. The first kappa shape index (κ1) is 19.7. The third-order valence-electron chi connectivity index (χ3n) is 4.90. The number of hydrogen-bond acceptors (Lipinski definition) is 5. The zero-order valence-corrected chi connectivity index (χ0v) is 17.3. The molecule has 6 nitrogen and oxygen atoms in total. The van der Waals surface area contributed by atoms with Gasteiger partial charge in [0.2, 0.25) is 11.9 Å². The first-order valence-electron chi connectivity index (χ1n) is 9.78. The van der Waals surface area contributed by atoms with Crippen LogP contribution in [0.15, 0.2) is 29.4 Å². The molecule has 0 spiro atoms. The summed E-state index contributed by atoms with van der Waals surface area (Å²) in [5, 5.41) is 12.7. The van der Waals surface area contributed by atoms with Gasteiger partial charge < -0.3 is 10.2 Å². The molecule has 0 unspecified atom stereocenters. The van der Waals surface area contributed by atoms with Crippen molar-refractivity contribution in [2.45, 2.75) is 57.7 Å². The summed E-state index contributed by atoms with van der Waals surface area (Å²) >= 11 is 1.44. The number of thioether (sulfide) groups is 1. The predicted octanol–water partition coefficient (Wildman–Crippen LogP) is 3.57. The SMILES string of the molecule is CC[C@@H](C)NC(=O)CSc1nnc(N2CCCCC2)n1-c1ccc(C)cc1. The van der Waals surface area contributed by atoms with Crippen LogP contribution in [0.3, 0.4) is 0 Å². The summed E-state index contributed by atoms with van der Waals surface area (Å²) in [7, 11) is 0. The van der Waals surface area contributed by atoms with Crippen molar-refractivity contribution in [1.82, 2.24) is 20.1 Å². The van der Waals surface area contributed by atoms with Gasteiger partial charge in [-0.05, 0) is 51.7 Å². The molecule has 1 N–H and O–H groups in total. The summed E-state index contributed by atoms with van der Waals surface area (Å²) in [5.74, 6) is 1.25. The summed E-state index contributed by atoms with van der Waals surface area (Å²) in [6.45, 7) is 8.17. The number of carbonyl (C=O) groups excluding carboxylic acids is 1. The van der Waals surface area contributed by atoms with Gasteiger partial charge in [0, 0.05) is 19.1 Å². The molecule has 0 saturated carbocycles. The van der Waals surface area contributed by atoms with E-state index in [1.165, 1.54) is 36.6 Å². The van der Waals surface area contributed by atoms with E-state index in [2.05, 4.69) is 63.1 Å². The van der Waals surface area contributed by atoms with Crippen LogP contribution >= 0.6 is 11.8 Å². The number of nitrogens with one attached hydrogen (secondary N) is 1. The lowest BCUT2D eigenvalue weighted by Crippen LogP contribution is -2.33. The van der Waals surface area contributed by atoms with Gasteiger partial charge in [-0.25, -0.2) is 0 Å². The largest absolute Gasteiger partial charge is 0.353 e. The fourth-order valence-electron chi connectivity index (χ4n) is 3.12. The number of amides is 1. The molecule has 27 heavy (non-hydrogen) atoms. The van der Waals surface area contributed by atoms with Crippen LogP contribution in [-0.2, 0) is 4.79 Å². The van der Waals surface area contributed by atoms with Gasteiger partial charge in [0.1, 0.15) is 0 Å². The molecule has 1 atom stereocenters. The topological polar surface area (TPSA) is 63.1 Å². The normalized spacial score (nSPS) is 15.6. The second kappa shape index (κ2) is 9.26. The number of benzene rings is 1. The molecular weight excluding hydrogens is 358 g/mol. The number of aromatic nitrogens is 3. The number of piperidine rings is 1. The van der Waals surface area contributed by atoms with Crippen molar-refractivity contribution in [2.75, 3.05) is 23.7 Å². The van der Waals surface area contributed by atoms with Crippen LogP contribution in [0.2, 0.25) is 0 Å². The third-order valence-corrected chi connectivity index (χ3v) is 5.83. The van der Waals surface area contributed by atoms with E-state index in [-0.39, 0.29) is 11.9 Å². The Morgan fingerprint density at radius 2 is 1.89 bits per heavy atom. The summed E-state index contributed by atoms with van der Waals surface area (Å²) in [6, 6.07) is 8.57. The van der Waals surface area contributed by atoms with Crippen molar-refractivity contribution >= 4 is 23.6 Å². The Morgan fingerprint density at radius 3 is 2.56 bits per heavy atom. The Morgan fingerprint density at radius 1 is 1.19 bits per heavy atom. The molecule has 1 aliphatic heterocycles. The van der Waals surface area contributed by atoms with Gasteiger partial charge in [0.05, 0.1) is 11.4 Å². The lowest BCUT2D eigenvalue weighted by atomic mass is 10.1. The van der Waals surface area contributed by atoms with E-state index < -0.39 is 0 Å². The fraction of sp³-hybridized carbons (Fsp3) is 0.550. The minimum absolute atomic E-state index is 0.0346. The lowest BCUT2D eigenvalue weighted by Gasteiger charge is -2.27. The highest BCUT2D eigenvalue weighted by atomic mass is 32.2. The first-order chi connectivity index (χ1) is 13.1. The molecular formula is C20H29N5OS. The number of rotatable bonds is 7. The Balaban J connectivity index is 1.83. The summed E-state index contributed by atoms with van der Waals surface area (Å²) < 4.78 is 2.09. The zero-order chi connectivity index (χ0) is 19.2. The standard InChI is InChI=1S/C20H29N5OS/c1-4-16(3)21-18(26)14-27-20-23-22-19(24-12-6-5-7-13-24)25(20)17-10-8-15(2)9-11-17/h8-11,16H,4-7,12-14H2,1-3H3,(H,21,26)/t16-/m1/s1. The highest BCUT2D eigenvalue weighted by molar-refractivity contribution is 7.99. The van der Waals surface area contributed by atoms with Crippen molar-refractivity contribution < 1.29 is 4.79 Å². The van der Waals surface area contributed by atoms with Crippen LogP contribution in [0.5, 0.6) is 0 Å². The van der Waals surface area contributed by atoms with Crippen LogP contribution in [-0.4, -0.2) is 45.6 Å². The van der Waals surface area contributed by atoms with E-state index >= 15 is 0 Å². The van der Waals surface area contributed by atoms with Crippen LogP contribution < -0.4 is 10.2 Å². The average Bonchev–Trinajstić information content (AvgIpc) is 3.11. The monoisotopic (exact) mass is 387 g/mol. The van der Waals surface area contributed by atoms with Crippen LogP contribution in [0.4, 0.5) is 5.95 Å². The van der Waals surface area contributed by atoms with Crippen LogP contribution in [0, 0.1) is 6.92 Å². The second-order valence-corrected chi connectivity index (χ2v) is 8.11. The summed E-state index contributed by atoms with van der Waals surface area (Å²) in [4.78, 5) is 14.5. The summed E-state index contributed by atoms with van der Waals surface area (Å²) in [5.41, 5.74) is 2.25. The number of hydrogen-bond donors (Lipinski definition) is 1. The molecule has 0 bridgehead atoms. The van der Waals surface area contributed by atoms with Crippen molar-refractivity contribution in [3.63, 3.8) is 0 Å². The van der Waals surface area contributed by atoms with E-state index in [9.17, 15) is 4.79 Å². The number of nitrogens with zero attached hydrogens (tertiary/aromatic N) is 4. The molecule has 146 valence electrons. The van der Waals surface area contributed by atoms with Crippen LogP contribution in [0.25, 0.3) is 5.69 Å². The minimum atomic E-state index is 0.0346. The molecule has 1 saturated heterocycles. The quantitative estimate of drug-likeness (QED) is 0.736. The molecule has 1 amide bonds. The van der Waals surface area contributed by atoms with Gasteiger partial charge in [-0.1, -0.05) is 36.4 Å². The fourth-order valence-corrected chi connectivity index (χ4v) is 3.88. The summed E-state index contributed by atoms with van der Waals surface area (Å²) in [6.07, 6.45) is 4.56. The van der Waals surface area contributed by atoms with E-state index in [1.54, 1.807) is 0 Å². The Bertz CT molecular complexity index is 752. The van der Waals surface area contributed by atoms with Gasteiger partial charge in [0.25, 0.3) is 0 Å². The second-order valence-electron chi connectivity index (χ2n) is 7.17. The Kier molecular flexibility index (Phi) is 6.77. The number of carbonyl (C=O) groups is 1. The van der Waals surface area contributed by atoms with Crippen molar-refractivity contribution in [3.05, 3.63) is 29.8 Å². The highest BCUT2D eigenvalue weighted by Gasteiger charge is 2.22. The average molecular weight is 388 g/mol. The van der Waals surface area contributed by atoms with Gasteiger partial charge in [-0.15, -0.1) is 10.2 Å². The molecule has 0 aliphatic carbocycles. The van der Waals surface area contributed by atoms with E-state index in [0.29, 0.717) is 5.75 Å². The van der Waals surface area contributed by atoms with Gasteiger partial charge in [-0.2, -0.15) is 0 Å². The van der Waals surface area contributed by atoms with Gasteiger partial charge in [-0.3, -0.25) is 9.36 Å². The molecule has 1 aromatic carbocycles. The maximum absolute atomic E-state index is 12.2. The van der Waals surface area contributed by atoms with Crippen molar-refractivity contribution in [3.8, 4) is 5.69 Å². The number of anilines is 1. The molecule has 7 heteroatoms. The smallest absolute Gasteiger partial charge is 0.232 e. The predicted molar refractivity (Wildman–Crippen MR) is 111 cm³/mol. The van der Waals surface area contributed by atoms with E-state index in [1.807, 2.05) is 6.92 Å². The van der Waals surface area contributed by atoms with Crippen molar-refractivity contribution in [2.24, 2.45) is 0 Å². The lowest BCUT2D eigenvalue weighted by molar-refractivity contribution is -0.119. The zero-order valence-electron chi connectivity index (χ0n) is 16.4.